The van der Waals surface area contributed by atoms with E-state index >= 15 is 0 Å². The third kappa shape index (κ3) is 2.76. The molecule has 0 saturated carbocycles. The Morgan fingerprint density at radius 1 is 1.65 bits per heavy atom. The number of amides is 1. The highest BCUT2D eigenvalue weighted by Gasteiger charge is 2.20. The minimum atomic E-state index is -0.0177. The van der Waals surface area contributed by atoms with E-state index in [2.05, 4.69) is 20.6 Å². The predicted molar refractivity (Wildman–Crippen MR) is 66.4 cm³/mol. The molecule has 0 bridgehead atoms. The summed E-state index contributed by atoms with van der Waals surface area (Å²) in [5, 5.41) is 6.24. The summed E-state index contributed by atoms with van der Waals surface area (Å²) < 4.78 is 0. The van der Waals surface area contributed by atoms with Crippen LogP contribution in [0.25, 0.3) is 0 Å². The normalized spacial score (nSPS) is 15.6. The number of halogens is 1. The molecular weight excluding hydrogens is 242 g/mol. The Hall–Kier alpha value is -1.56. The molecule has 0 radical (unpaired) electrons. The quantitative estimate of drug-likeness (QED) is 0.823. The molecule has 0 aliphatic carbocycles. The van der Waals surface area contributed by atoms with Crippen molar-refractivity contribution in [1.82, 2.24) is 15.3 Å². The SMILES string of the molecule is CCNc1ncc(Cl)c(N2CCNC(=O)C2)n1. The number of anilines is 2. The van der Waals surface area contributed by atoms with Crippen LogP contribution in [0.5, 0.6) is 0 Å². The highest BCUT2D eigenvalue weighted by atomic mass is 35.5. The minimum absolute atomic E-state index is 0.0177. The molecule has 1 aliphatic rings. The molecule has 2 N–H and O–H groups in total. The minimum Gasteiger partial charge on any atom is -0.354 e. The lowest BCUT2D eigenvalue weighted by atomic mass is 10.3. The first-order valence-electron chi connectivity index (χ1n) is 5.48. The van der Waals surface area contributed by atoms with Crippen molar-refractivity contribution >= 4 is 29.3 Å². The fourth-order valence-electron chi connectivity index (χ4n) is 1.64. The zero-order valence-electron chi connectivity index (χ0n) is 9.53. The number of nitrogens with zero attached hydrogens (tertiary/aromatic N) is 3. The van der Waals surface area contributed by atoms with E-state index in [0.29, 0.717) is 29.9 Å². The van der Waals surface area contributed by atoms with Gasteiger partial charge in [0.2, 0.25) is 11.9 Å². The number of nitrogens with one attached hydrogen (secondary N) is 2. The van der Waals surface area contributed by atoms with Gasteiger partial charge in [0.1, 0.15) is 5.02 Å². The second kappa shape index (κ2) is 5.18. The third-order valence-corrected chi connectivity index (χ3v) is 2.67. The summed E-state index contributed by atoms with van der Waals surface area (Å²) in [7, 11) is 0. The van der Waals surface area contributed by atoms with Crippen molar-refractivity contribution < 1.29 is 4.79 Å². The monoisotopic (exact) mass is 255 g/mol. The molecule has 0 aromatic carbocycles. The van der Waals surface area contributed by atoms with E-state index in [0.717, 1.165) is 6.54 Å². The molecule has 2 rings (SSSR count). The van der Waals surface area contributed by atoms with Crippen LogP contribution in [0, 0.1) is 0 Å². The van der Waals surface area contributed by atoms with Gasteiger partial charge in [-0.05, 0) is 6.92 Å². The molecule has 1 amide bonds. The van der Waals surface area contributed by atoms with E-state index in [1.165, 1.54) is 0 Å². The van der Waals surface area contributed by atoms with Crippen LogP contribution in [0.2, 0.25) is 5.02 Å². The summed E-state index contributed by atoms with van der Waals surface area (Å²) in [6.07, 6.45) is 1.55. The maximum Gasteiger partial charge on any atom is 0.239 e. The van der Waals surface area contributed by atoms with Crippen LogP contribution in [0.3, 0.4) is 0 Å². The van der Waals surface area contributed by atoms with Gasteiger partial charge in [0.15, 0.2) is 5.82 Å². The molecule has 0 spiro atoms. The van der Waals surface area contributed by atoms with Crippen LogP contribution in [0.1, 0.15) is 6.92 Å². The van der Waals surface area contributed by atoms with Gasteiger partial charge in [0.05, 0.1) is 12.7 Å². The highest BCUT2D eigenvalue weighted by Crippen LogP contribution is 2.23. The van der Waals surface area contributed by atoms with Crippen molar-refractivity contribution in [3.8, 4) is 0 Å². The molecule has 92 valence electrons. The molecule has 0 unspecified atom stereocenters. The van der Waals surface area contributed by atoms with Gasteiger partial charge in [-0.25, -0.2) is 4.98 Å². The molecule has 17 heavy (non-hydrogen) atoms. The van der Waals surface area contributed by atoms with E-state index in [1.807, 2.05) is 11.8 Å². The smallest absolute Gasteiger partial charge is 0.239 e. The first-order valence-corrected chi connectivity index (χ1v) is 5.86. The average molecular weight is 256 g/mol. The van der Waals surface area contributed by atoms with E-state index in [9.17, 15) is 4.79 Å². The van der Waals surface area contributed by atoms with Crippen molar-refractivity contribution in [3.63, 3.8) is 0 Å². The van der Waals surface area contributed by atoms with Gasteiger partial charge >= 0.3 is 0 Å². The molecule has 1 saturated heterocycles. The zero-order chi connectivity index (χ0) is 12.3. The van der Waals surface area contributed by atoms with Crippen LogP contribution < -0.4 is 15.5 Å². The first kappa shape index (κ1) is 11.9. The number of hydrogen-bond acceptors (Lipinski definition) is 5. The van der Waals surface area contributed by atoms with E-state index in [4.69, 9.17) is 11.6 Å². The van der Waals surface area contributed by atoms with Gasteiger partial charge < -0.3 is 15.5 Å². The van der Waals surface area contributed by atoms with Crippen LogP contribution in [0.15, 0.2) is 6.20 Å². The lowest BCUT2D eigenvalue weighted by molar-refractivity contribution is -0.120. The van der Waals surface area contributed by atoms with Gasteiger partial charge in [-0.1, -0.05) is 11.6 Å². The Labute approximate surface area is 104 Å². The Morgan fingerprint density at radius 3 is 3.18 bits per heavy atom. The Kier molecular flexibility index (Phi) is 3.63. The third-order valence-electron chi connectivity index (χ3n) is 2.40. The maximum absolute atomic E-state index is 11.3. The average Bonchev–Trinajstić information content (AvgIpc) is 2.32. The number of carbonyl (C=O) groups is 1. The van der Waals surface area contributed by atoms with Gasteiger partial charge in [0.25, 0.3) is 0 Å². The fourth-order valence-corrected chi connectivity index (χ4v) is 1.85. The lowest BCUT2D eigenvalue weighted by Crippen LogP contribution is -2.48. The van der Waals surface area contributed by atoms with Crippen molar-refractivity contribution in [2.24, 2.45) is 0 Å². The Morgan fingerprint density at radius 2 is 2.47 bits per heavy atom. The van der Waals surface area contributed by atoms with Gasteiger partial charge in [-0.2, -0.15) is 4.98 Å². The number of hydrogen-bond donors (Lipinski definition) is 2. The van der Waals surface area contributed by atoms with E-state index < -0.39 is 0 Å². The molecule has 2 heterocycles. The molecule has 0 atom stereocenters. The molecular formula is C10H14ClN5O. The number of carbonyl (C=O) groups excluding carboxylic acids is 1. The molecule has 1 aromatic heterocycles. The first-order chi connectivity index (χ1) is 8.20. The molecule has 6 nitrogen and oxygen atoms in total. The highest BCUT2D eigenvalue weighted by molar-refractivity contribution is 6.32. The van der Waals surface area contributed by atoms with Gasteiger partial charge in [0, 0.05) is 19.6 Å². The topological polar surface area (TPSA) is 70.2 Å². The second-order valence-corrected chi connectivity index (χ2v) is 4.07. The summed E-state index contributed by atoms with van der Waals surface area (Å²) in [5.41, 5.74) is 0. The summed E-state index contributed by atoms with van der Waals surface area (Å²) >= 11 is 6.05. The zero-order valence-corrected chi connectivity index (χ0v) is 10.3. The molecule has 1 aliphatic heterocycles. The summed E-state index contributed by atoms with van der Waals surface area (Å²) in [5.74, 6) is 1.11. The summed E-state index contributed by atoms with van der Waals surface area (Å²) in [6.45, 7) is 4.29. The van der Waals surface area contributed by atoms with Crippen LogP contribution in [-0.2, 0) is 4.79 Å². The molecule has 1 aromatic rings. The van der Waals surface area contributed by atoms with Crippen molar-refractivity contribution in [2.45, 2.75) is 6.92 Å². The Bertz CT molecular complexity index is 425. The van der Waals surface area contributed by atoms with Crippen LogP contribution in [-0.4, -0.2) is 42.1 Å². The molecule has 1 fully saturated rings. The maximum atomic E-state index is 11.3. The number of piperazine rings is 1. The molecule has 7 heteroatoms. The van der Waals surface area contributed by atoms with Crippen molar-refractivity contribution in [1.29, 1.82) is 0 Å². The van der Waals surface area contributed by atoms with E-state index in [-0.39, 0.29) is 12.5 Å². The van der Waals surface area contributed by atoms with Crippen molar-refractivity contribution in [3.05, 3.63) is 11.2 Å². The van der Waals surface area contributed by atoms with Gasteiger partial charge in [-0.15, -0.1) is 0 Å². The summed E-state index contributed by atoms with van der Waals surface area (Å²) in [4.78, 5) is 21.5. The van der Waals surface area contributed by atoms with Gasteiger partial charge in [-0.3, -0.25) is 4.79 Å². The van der Waals surface area contributed by atoms with E-state index in [1.54, 1.807) is 6.20 Å². The largest absolute Gasteiger partial charge is 0.354 e. The summed E-state index contributed by atoms with van der Waals surface area (Å²) in [6, 6.07) is 0. The predicted octanol–water partition coefficient (Wildman–Crippen LogP) is 0.498. The number of rotatable bonds is 3. The van der Waals surface area contributed by atoms with Crippen LogP contribution in [0.4, 0.5) is 11.8 Å². The second-order valence-electron chi connectivity index (χ2n) is 3.67. The van der Waals surface area contributed by atoms with Crippen molar-refractivity contribution in [2.75, 3.05) is 36.4 Å². The van der Waals surface area contributed by atoms with Crippen LogP contribution >= 0.6 is 11.6 Å². The standard InChI is InChI=1S/C10H14ClN5O/c1-2-12-10-14-5-7(11)9(15-10)16-4-3-13-8(17)6-16/h5H,2-4,6H2,1H3,(H,13,17)(H,12,14,15). The fraction of sp³-hybridized carbons (Fsp3) is 0.500. The lowest BCUT2D eigenvalue weighted by Gasteiger charge is -2.28. The Balaban J connectivity index is 2.23. The number of aromatic nitrogens is 2.